The summed E-state index contributed by atoms with van der Waals surface area (Å²) in [5, 5.41) is 17.9. The zero-order valence-electron chi connectivity index (χ0n) is 13.0. The van der Waals surface area contributed by atoms with Crippen LogP contribution in [0.1, 0.15) is 20.3 Å². The first-order valence-electron chi connectivity index (χ1n) is 7.53. The maximum Gasteiger partial charge on any atom is 0.323 e. The van der Waals surface area contributed by atoms with E-state index >= 15 is 0 Å². The normalized spacial score (nSPS) is 16.9. The number of β-amino-alcohol motifs (C(OH)–C–C–N with tert-alkyl or cyclic N) is 1. The molecule has 122 valence electrons. The first kappa shape index (κ1) is 17.7. The predicted octanol–water partition coefficient (Wildman–Crippen LogP) is 0.149. The van der Waals surface area contributed by atoms with Crippen LogP contribution in [-0.4, -0.2) is 89.3 Å². The van der Waals surface area contributed by atoms with Crippen LogP contribution >= 0.6 is 0 Å². The highest BCUT2D eigenvalue weighted by Gasteiger charge is 2.25. The van der Waals surface area contributed by atoms with Crippen molar-refractivity contribution in [2.45, 2.75) is 20.3 Å². The lowest BCUT2D eigenvalue weighted by Crippen LogP contribution is -2.48. The Morgan fingerprint density at radius 2 is 1.90 bits per heavy atom. The average Bonchev–Trinajstić information content (AvgIpc) is 2.62. The van der Waals surface area contributed by atoms with Crippen molar-refractivity contribution in [2.24, 2.45) is 5.92 Å². The Balaban J connectivity index is 2.62. The number of amides is 2. The predicted molar refractivity (Wildman–Crippen MR) is 79.2 cm³/mol. The maximum atomic E-state index is 12.5. The molecule has 0 saturated carbocycles. The van der Waals surface area contributed by atoms with Crippen LogP contribution in [0.25, 0.3) is 0 Å². The number of carbonyl (C=O) groups excluding carboxylic acids is 1. The zero-order valence-corrected chi connectivity index (χ0v) is 13.0. The molecule has 0 aliphatic carbocycles. The average molecular weight is 301 g/mol. The van der Waals surface area contributed by atoms with Gasteiger partial charge in [-0.3, -0.25) is 9.69 Å². The number of aliphatic hydroxyl groups excluding tert-OH is 1. The van der Waals surface area contributed by atoms with Gasteiger partial charge in [0.25, 0.3) is 0 Å². The molecule has 0 atom stereocenters. The van der Waals surface area contributed by atoms with E-state index in [4.69, 9.17) is 10.2 Å². The lowest BCUT2D eigenvalue weighted by molar-refractivity contribution is -0.137. The number of hydrogen-bond acceptors (Lipinski definition) is 4. The highest BCUT2D eigenvalue weighted by Crippen LogP contribution is 2.08. The molecule has 0 bridgehead atoms. The highest BCUT2D eigenvalue weighted by atomic mass is 16.4. The number of nitrogens with zero attached hydrogens (tertiary/aromatic N) is 3. The van der Waals surface area contributed by atoms with Gasteiger partial charge in [0, 0.05) is 32.7 Å². The summed E-state index contributed by atoms with van der Waals surface area (Å²) in [5.74, 6) is -0.758. The molecular formula is C14H27N3O4. The molecule has 1 saturated heterocycles. The third-order valence-corrected chi connectivity index (χ3v) is 3.46. The summed E-state index contributed by atoms with van der Waals surface area (Å²) in [7, 11) is 0. The molecule has 0 aromatic rings. The van der Waals surface area contributed by atoms with Crippen LogP contribution in [0.2, 0.25) is 0 Å². The van der Waals surface area contributed by atoms with Gasteiger partial charge in [-0.15, -0.1) is 0 Å². The molecule has 1 heterocycles. The minimum atomic E-state index is -0.985. The van der Waals surface area contributed by atoms with Crippen molar-refractivity contribution in [1.29, 1.82) is 0 Å². The first-order chi connectivity index (χ1) is 9.93. The van der Waals surface area contributed by atoms with Crippen LogP contribution in [0.4, 0.5) is 4.79 Å². The summed E-state index contributed by atoms with van der Waals surface area (Å²) in [6.45, 7) is 7.64. The molecule has 7 nitrogen and oxygen atoms in total. The number of urea groups is 1. The number of carbonyl (C=O) groups is 2. The molecule has 21 heavy (non-hydrogen) atoms. The van der Waals surface area contributed by atoms with Crippen LogP contribution in [-0.2, 0) is 4.79 Å². The summed E-state index contributed by atoms with van der Waals surface area (Å²) in [5.41, 5.74) is 0. The Hall–Kier alpha value is -1.34. The summed E-state index contributed by atoms with van der Waals surface area (Å²) in [4.78, 5) is 28.7. The van der Waals surface area contributed by atoms with Crippen LogP contribution in [0.15, 0.2) is 0 Å². The molecular weight excluding hydrogens is 274 g/mol. The Kier molecular flexibility index (Phi) is 7.45. The fourth-order valence-electron chi connectivity index (χ4n) is 2.54. The van der Waals surface area contributed by atoms with Crippen molar-refractivity contribution in [3.63, 3.8) is 0 Å². The molecule has 0 radical (unpaired) electrons. The van der Waals surface area contributed by atoms with Crippen molar-refractivity contribution in [1.82, 2.24) is 14.7 Å². The van der Waals surface area contributed by atoms with Gasteiger partial charge in [0.15, 0.2) is 0 Å². The molecule has 7 heteroatoms. The second-order valence-electron chi connectivity index (χ2n) is 5.86. The topological polar surface area (TPSA) is 84.3 Å². The van der Waals surface area contributed by atoms with Gasteiger partial charge in [-0.1, -0.05) is 13.8 Å². The summed E-state index contributed by atoms with van der Waals surface area (Å²) in [6, 6.07) is -0.197. The van der Waals surface area contributed by atoms with Crippen LogP contribution < -0.4 is 0 Å². The summed E-state index contributed by atoms with van der Waals surface area (Å²) >= 11 is 0. The highest BCUT2D eigenvalue weighted by molar-refractivity contribution is 5.80. The Labute approximate surface area is 126 Å². The van der Waals surface area contributed by atoms with Crippen LogP contribution in [0.5, 0.6) is 0 Å². The Bertz CT molecular complexity index is 349. The van der Waals surface area contributed by atoms with Gasteiger partial charge in [-0.05, 0) is 18.9 Å². The fourth-order valence-corrected chi connectivity index (χ4v) is 2.54. The van der Waals surface area contributed by atoms with E-state index < -0.39 is 5.97 Å². The van der Waals surface area contributed by atoms with E-state index in [1.807, 2.05) is 13.8 Å². The Morgan fingerprint density at radius 1 is 1.19 bits per heavy atom. The van der Waals surface area contributed by atoms with E-state index in [9.17, 15) is 9.59 Å². The monoisotopic (exact) mass is 301 g/mol. The fraction of sp³-hybridized carbons (Fsp3) is 0.857. The van der Waals surface area contributed by atoms with Crippen molar-refractivity contribution in [3.05, 3.63) is 0 Å². The van der Waals surface area contributed by atoms with Crippen LogP contribution in [0.3, 0.4) is 0 Å². The SMILES string of the molecule is CC(C)CN(CC(=O)O)C(=O)N1CCCN(CCO)CC1. The molecule has 1 aliphatic rings. The van der Waals surface area contributed by atoms with Gasteiger partial charge in [-0.2, -0.15) is 0 Å². The molecule has 0 spiro atoms. The zero-order chi connectivity index (χ0) is 15.8. The molecule has 0 aromatic heterocycles. The van der Waals surface area contributed by atoms with Gasteiger partial charge in [-0.25, -0.2) is 4.79 Å². The van der Waals surface area contributed by atoms with E-state index in [0.29, 0.717) is 26.2 Å². The second kappa shape index (κ2) is 8.84. The molecule has 0 unspecified atom stereocenters. The molecule has 2 amide bonds. The van der Waals surface area contributed by atoms with Gasteiger partial charge >= 0.3 is 12.0 Å². The quantitative estimate of drug-likeness (QED) is 0.729. The molecule has 2 N–H and O–H groups in total. The lowest BCUT2D eigenvalue weighted by atomic mass is 10.2. The van der Waals surface area contributed by atoms with Crippen molar-refractivity contribution in [2.75, 3.05) is 52.4 Å². The number of carboxylic acid groups (broad SMARTS) is 1. The summed E-state index contributed by atoms with van der Waals surface area (Å²) in [6.07, 6.45) is 0.842. The minimum absolute atomic E-state index is 0.117. The number of hydrogen-bond donors (Lipinski definition) is 2. The smallest absolute Gasteiger partial charge is 0.323 e. The Morgan fingerprint density at radius 3 is 2.48 bits per heavy atom. The number of aliphatic hydroxyl groups is 1. The number of rotatable bonds is 6. The van der Waals surface area contributed by atoms with Crippen molar-refractivity contribution in [3.8, 4) is 0 Å². The first-order valence-corrected chi connectivity index (χ1v) is 7.53. The summed E-state index contributed by atoms with van der Waals surface area (Å²) < 4.78 is 0. The second-order valence-corrected chi connectivity index (χ2v) is 5.86. The van der Waals surface area contributed by atoms with Gasteiger partial charge in [0.1, 0.15) is 6.54 Å². The van der Waals surface area contributed by atoms with Crippen LogP contribution in [0, 0.1) is 5.92 Å². The van der Waals surface area contributed by atoms with Gasteiger partial charge < -0.3 is 20.0 Å². The molecule has 1 fully saturated rings. The largest absolute Gasteiger partial charge is 0.480 e. The van der Waals surface area contributed by atoms with E-state index in [0.717, 1.165) is 19.5 Å². The van der Waals surface area contributed by atoms with E-state index in [2.05, 4.69) is 4.90 Å². The van der Waals surface area contributed by atoms with Gasteiger partial charge in [0.05, 0.1) is 6.61 Å². The third-order valence-electron chi connectivity index (χ3n) is 3.46. The van der Waals surface area contributed by atoms with Crippen molar-refractivity contribution < 1.29 is 19.8 Å². The van der Waals surface area contributed by atoms with E-state index in [1.165, 1.54) is 4.90 Å². The number of aliphatic carboxylic acids is 1. The molecule has 1 aliphatic heterocycles. The molecule has 0 aromatic carbocycles. The number of carboxylic acids is 1. The van der Waals surface area contributed by atoms with E-state index in [1.54, 1.807) is 4.90 Å². The third kappa shape index (κ3) is 6.31. The van der Waals surface area contributed by atoms with Crippen molar-refractivity contribution >= 4 is 12.0 Å². The minimum Gasteiger partial charge on any atom is -0.480 e. The molecule has 1 rings (SSSR count). The maximum absolute atomic E-state index is 12.5. The lowest BCUT2D eigenvalue weighted by Gasteiger charge is -2.30. The van der Waals surface area contributed by atoms with E-state index in [-0.39, 0.29) is 25.1 Å². The van der Waals surface area contributed by atoms with Gasteiger partial charge in [0.2, 0.25) is 0 Å². The standard InChI is InChI=1S/C14H27N3O4/c1-12(2)10-17(11-13(19)20)14(21)16-5-3-4-15(6-7-16)8-9-18/h12,18H,3-11H2,1-2H3,(H,19,20).